The number of nitrogens with one attached hydrogen (secondary N) is 4. The number of carbonyl (C=O) groups is 2. The molecule has 54 heavy (non-hydrogen) atoms. The highest BCUT2D eigenvalue weighted by Crippen LogP contribution is 2.33. The lowest BCUT2D eigenvalue weighted by Gasteiger charge is -2.15. The number of anilines is 4. The van der Waals surface area contributed by atoms with Crippen molar-refractivity contribution < 1.29 is 19.1 Å². The van der Waals surface area contributed by atoms with Crippen LogP contribution in [0.1, 0.15) is 61.9 Å². The van der Waals surface area contributed by atoms with Crippen molar-refractivity contribution >= 4 is 45.9 Å². The predicted octanol–water partition coefficient (Wildman–Crippen LogP) is 7.94. The summed E-state index contributed by atoms with van der Waals surface area (Å²) in [7, 11) is 0. The van der Waals surface area contributed by atoms with Crippen LogP contribution >= 0.6 is 0 Å². The zero-order chi connectivity index (χ0) is 38.2. The molecular weight excluding hydrogens is 683 g/mol. The molecule has 3 aromatic carbocycles. The van der Waals surface area contributed by atoms with Crippen LogP contribution in [0.3, 0.4) is 0 Å². The van der Waals surface area contributed by atoms with E-state index < -0.39 is 6.03 Å². The third-order valence-electron chi connectivity index (χ3n) is 8.33. The first-order valence-corrected chi connectivity index (χ1v) is 17.8. The fourth-order valence-electron chi connectivity index (χ4n) is 5.48. The maximum Gasteiger partial charge on any atom is 0.324 e. The summed E-state index contributed by atoms with van der Waals surface area (Å²) in [6, 6.07) is 24.7. The van der Waals surface area contributed by atoms with Crippen molar-refractivity contribution in [1.82, 2.24) is 30.0 Å². The lowest BCUT2D eigenvalue weighted by Crippen LogP contribution is -2.28. The number of amides is 3. The summed E-state index contributed by atoms with van der Waals surface area (Å²) in [6.45, 7) is 13.2. The Morgan fingerprint density at radius 1 is 0.852 bits per heavy atom. The van der Waals surface area contributed by atoms with E-state index in [2.05, 4.69) is 57.0 Å². The second-order valence-electron chi connectivity index (χ2n) is 14.1. The van der Waals surface area contributed by atoms with Gasteiger partial charge >= 0.3 is 6.03 Å². The van der Waals surface area contributed by atoms with E-state index in [4.69, 9.17) is 14.6 Å². The molecule has 13 heteroatoms. The molecule has 0 atom stereocenters. The third-order valence-corrected chi connectivity index (χ3v) is 8.33. The Kier molecular flexibility index (Phi) is 11.5. The quantitative estimate of drug-likeness (QED) is 0.0867. The lowest BCUT2D eigenvalue weighted by atomic mass is 9.92. The summed E-state index contributed by atoms with van der Waals surface area (Å²) in [6.07, 6.45) is 4.66. The van der Waals surface area contributed by atoms with Gasteiger partial charge in [0, 0.05) is 35.0 Å². The van der Waals surface area contributed by atoms with Crippen LogP contribution in [0.2, 0.25) is 0 Å². The fourth-order valence-corrected chi connectivity index (χ4v) is 5.48. The molecule has 0 aliphatic rings. The number of pyridine rings is 1. The highest BCUT2D eigenvalue weighted by Gasteiger charge is 2.22. The predicted molar refractivity (Wildman–Crippen MR) is 211 cm³/mol. The van der Waals surface area contributed by atoms with Crippen LogP contribution < -0.4 is 26.0 Å². The van der Waals surface area contributed by atoms with Gasteiger partial charge in [0.05, 0.1) is 42.2 Å². The number of hydrogen-bond acceptors (Lipinski definition) is 9. The molecule has 278 valence electrons. The van der Waals surface area contributed by atoms with Crippen molar-refractivity contribution in [3.63, 3.8) is 0 Å². The van der Waals surface area contributed by atoms with E-state index in [9.17, 15) is 9.59 Å². The molecule has 0 aliphatic carbocycles. The molecule has 3 aromatic heterocycles. The van der Waals surface area contributed by atoms with Crippen LogP contribution in [-0.2, 0) is 16.8 Å². The number of benzene rings is 3. The average Bonchev–Trinajstić information content (AvgIpc) is 3.58. The lowest BCUT2D eigenvalue weighted by molar-refractivity contribution is 0.0744. The molecule has 0 radical (unpaired) electrons. The van der Waals surface area contributed by atoms with Gasteiger partial charge in [-0.3, -0.25) is 10.1 Å². The van der Waals surface area contributed by atoms with Gasteiger partial charge in [0.15, 0.2) is 0 Å². The zero-order valence-corrected chi connectivity index (χ0v) is 31.3. The largest absolute Gasteiger partial charge is 0.488 e. The van der Waals surface area contributed by atoms with Gasteiger partial charge in [0.1, 0.15) is 35.5 Å². The molecule has 6 aromatic rings. The minimum atomic E-state index is -0.394. The zero-order valence-electron chi connectivity index (χ0n) is 31.3. The fraction of sp³-hybridized carbons (Fsp3) is 0.268. The Morgan fingerprint density at radius 2 is 1.63 bits per heavy atom. The highest BCUT2D eigenvalue weighted by molar-refractivity contribution is 6.07. The maximum atomic E-state index is 13.5. The molecule has 0 bridgehead atoms. The number of carbonyl (C=O) groups excluding carboxylic acids is 2. The van der Waals surface area contributed by atoms with Crippen molar-refractivity contribution in [3.05, 3.63) is 120 Å². The summed E-state index contributed by atoms with van der Waals surface area (Å²) in [4.78, 5) is 38.8. The van der Waals surface area contributed by atoms with E-state index in [-0.39, 0.29) is 29.7 Å². The van der Waals surface area contributed by atoms with Crippen LogP contribution in [0.15, 0.2) is 97.5 Å². The Bertz CT molecular complexity index is 2230. The molecule has 3 heterocycles. The van der Waals surface area contributed by atoms with E-state index in [0.717, 1.165) is 33.3 Å². The number of hydrogen-bond donors (Lipinski definition) is 4. The van der Waals surface area contributed by atoms with E-state index in [1.165, 1.54) is 12.4 Å². The number of urea groups is 1. The van der Waals surface area contributed by atoms with Crippen molar-refractivity contribution in [2.45, 2.75) is 59.7 Å². The van der Waals surface area contributed by atoms with Gasteiger partial charge in [-0.1, -0.05) is 62.7 Å². The number of rotatable bonds is 13. The molecular formula is C41H45N9O4. The third kappa shape index (κ3) is 9.55. The van der Waals surface area contributed by atoms with Crippen LogP contribution in [0, 0.1) is 6.92 Å². The van der Waals surface area contributed by atoms with Gasteiger partial charge in [-0.05, 0) is 62.7 Å². The Morgan fingerprint density at radius 3 is 2.35 bits per heavy atom. The Labute approximate surface area is 314 Å². The van der Waals surface area contributed by atoms with Crippen LogP contribution in [-0.4, -0.2) is 55.9 Å². The van der Waals surface area contributed by atoms with Gasteiger partial charge in [-0.15, -0.1) is 0 Å². The first-order chi connectivity index (χ1) is 25.9. The summed E-state index contributed by atoms with van der Waals surface area (Å²) in [5.41, 5.74) is 4.33. The second-order valence-corrected chi connectivity index (χ2v) is 14.1. The van der Waals surface area contributed by atoms with Crippen molar-refractivity contribution in [3.8, 4) is 11.4 Å². The molecule has 0 spiro atoms. The van der Waals surface area contributed by atoms with Gasteiger partial charge in [0.25, 0.3) is 5.91 Å². The van der Waals surface area contributed by atoms with Crippen molar-refractivity contribution in [1.29, 1.82) is 0 Å². The average molecular weight is 728 g/mol. The summed E-state index contributed by atoms with van der Waals surface area (Å²) in [5, 5.41) is 18.4. The maximum absolute atomic E-state index is 13.5. The number of fused-ring (bicyclic) bond motifs is 1. The molecule has 0 fully saturated rings. The van der Waals surface area contributed by atoms with Gasteiger partial charge in [-0.2, -0.15) is 5.10 Å². The monoisotopic (exact) mass is 727 g/mol. The summed E-state index contributed by atoms with van der Waals surface area (Å²) >= 11 is 0. The van der Waals surface area contributed by atoms with E-state index in [1.807, 2.05) is 99.6 Å². The molecule has 3 amide bonds. The van der Waals surface area contributed by atoms with Gasteiger partial charge < -0.3 is 25.4 Å². The van der Waals surface area contributed by atoms with E-state index in [1.54, 1.807) is 10.9 Å². The van der Waals surface area contributed by atoms with Crippen LogP contribution in [0.4, 0.5) is 27.9 Å². The molecule has 13 nitrogen and oxygen atoms in total. The SMILES string of the molecule is Cc1ccc(-n2nc(C(C)(C)C)cc2NC(=O)Nc2ccc(OCc3ccnc(Nc4cnc(C(=O)NCCOC(C)C)cn4)c3)c3ccccc23)cc1. The smallest absolute Gasteiger partial charge is 0.324 e. The number of ether oxygens (including phenoxy) is 2. The minimum Gasteiger partial charge on any atom is -0.488 e. The number of aromatic nitrogens is 5. The topological polar surface area (TPSA) is 157 Å². The van der Waals surface area contributed by atoms with Crippen LogP contribution in [0.5, 0.6) is 5.75 Å². The molecule has 4 N–H and O–H groups in total. The molecule has 0 aliphatic heterocycles. The summed E-state index contributed by atoms with van der Waals surface area (Å²) < 4.78 is 13.5. The Balaban J connectivity index is 1.10. The first-order valence-electron chi connectivity index (χ1n) is 17.8. The van der Waals surface area contributed by atoms with Gasteiger partial charge in [0.2, 0.25) is 0 Å². The standard InChI is InChI=1S/C41H45N9O4/c1-26(2)53-20-19-43-39(51)33-23-45-37(24-44-33)47-36-21-28(17-18-42-36)25-54-34-16-15-32(30-9-7-8-10-31(30)34)46-40(52)48-38-22-35(41(4,5)6)49-50(38)29-13-11-27(3)12-14-29/h7-18,21-24,26H,19-20,25H2,1-6H3,(H,43,51)(H,42,45,47)(H2,46,48,52). The second kappa shape index (κ2) is 16.6. The molecule has 0 saturated heterocycles. The van der Waals surface area contributed by atoms with Crippen LogP contribution in [0.25, 0.3) is 16.5 Å². The normalized spacial score (nSPS) is 11.4. The molecule has 0 unspecified atom stereocenters. The summed E-state index contributed by atoms with van der Waals surface area (Å²) in [5.74, 6) is 1.88. The minimum absolute atomic E-state index is 0.0953. The highest BCUT2D eigenvalue weighted by atomic mass is 16.5. The van der Waals surface area contributed by atoms with Crippen molar-refractivity contribution in [2.24, 2.45) is 0 Å². The first kappa shape index (κ1) is 37.4. The number of nitrogens with zero attached hydrogens (tertiary/aromatic N) is 5. The number of aryl methyl sites for hydroxylation is 1. The van der Waals surface area contributed by atoms with Gasteiger partial charge in [-0.25, -0.2) is 24.4 Å². The van der Waals surface area contributed by atoms with Crippen molar-refractivity contribution in [2.75, 3.05) is 29.1 Å². The molecule has 6 rings (SSSR count). The van der Waals surface area contributed by atoms with E-state index in [0.29, 0.717) is 42.0 Å². The Hall–Kier alpha value is -6.34. The van der Waals surface area contributed by atoms with E-state index >= 15 is 0 Å². The molecule has 0 saturated carbocycles.